The number of fused-ring (bicyclic) bond motifs is 2. The van der Waals surface area contributed by atoms with Gasteiger partial charge in [-0.2, -0.15) is 0 Å². The van der Waals surface area contributed by atoms with Crippen molar-refractivity contribution in [1.82, 2.24) is 9.80 Å². The van der Waals surface area contributed by atoms with Crippen LogP contribution < -0.4 is 10.6 Å². The number of hydrogen-bond donors (Lipinski definition) is 2. The molecule has 0 unspecified atom stereocenters. The molecule has 0 radical (unpaired) electrons. The number of likely N-dealkylation sites (N-methyl/N-ethyl adjacent to an activating group) is 1. The first kappa shape index (κ1) is 28.0. The van der Waals surface area contributed by atoms with E-state index in [0.29, 0.717) is 18.5 Å². The van der Waals surface area contributed by atoms with Gasteiger partial charge in [0.25, 0.3) is 5.91 Å². The lowest BCUT2D eigenvalue weighted by Gasteiger charge is -2.36. The van der Waals surface area contributed by atoms with Gasteiger partial charge in [-0.3, -0.25) is 14.5 Å². The van der Waals surface area contributed by atoms with Crippen LogP contribution in [0.5, 0.6) is 0 Å². The topological polar surface area (TPSA) is 107 Å². The predicted molar refractivity (Wildman–Crippen MR) is 165 cm³/mol. The largest absolute Gasteiger partial charge is 0.465 e. The Balaban J connectivity index is 1.49. The summed E-state index contributed by atoms with van der Waals surface area (Å²) < 4.78 is 0. The van der Waals surface area contributed by atoms with E-state index in [-0.39, 0.29) is 36.4 Å². The average molecular weight is 569 g/mol. The number of benzene rings is 4. The molecule has 0 aromatic heterocycles. The van der Waals surface area contributed by atoms with Crippen molar-refractivity contribution in [3.8, 4) is 0 Å². The predicted octanol–water partition coefficient (Wildman–Crippen LogP) is 5.03. The maximum atomic E-state index is 14.3. The summed E-state index contributed by atoms with van der Waals surface area (Å²) in [6, 6.07) is 26.4. The van der Waals surface area contributed by atoms with Crippen LogP contribution in [-0.2, 0) is 16.0 Å². The van der Waals surface area contributed by atoms with E-state index in [0.717, 1.165) is 27.1 Å². The zero-order valence-corrected chi connectivity index (χ0v) is 23.6. The van der Waals surface area contributed by atoms with Gasteiger partial charge in [0.05, 0.1) is 5.69 Å². The fourth-order valence-electron chi connectivity index (χ4n) is 5.57. The van der Waals surface area contributed by atoms with Crippen molar-refractivity contribution in [2.45, 2.75) is 25.3 Å². The molecule has 4 aromatic carbocycles. The minimum Gasteiger partial charge on any atom is -0.465 e. The van der Waals surface area contributed by atoms with Crippen LogP contribution in [0.15, 0.2) is 84.9 Å². The number of nitrogens with two attached hydrogens (primary N) is 1. The molecule has 1 saturated heterocycles. The Morgan fingerprint density at radius 3 is 2.05 bits per heavy atom. The summed E-state index contributed by atoms with van der Waals surface area (Å²) in [6.45, 7) is 0.554. The summed E-state index contributed by atoms with van der Waals surface area (Å²) in [7, 11) is 1.63. The van der Waals surface area contributed by atoms with Gasteiger partial charge in [0.1, 0.15) is 6.04 Å². The third kappa shape index (κ3) is 6.00. The SMILES string of the molecule is CN(C(=O)C1CCN(C(=O)O)CC1)[C@H](Cc1ccc2ccccc2c1)C(=O)N(C(N)=S)c1ccc2ccccc2c1. The minimum absolute atomic E-state index is 0.107. The van der Waals surface area contributed by atoms with E-state index in [1.54, 1.807) is 13.1 Å². The summed E-state index contributed by atoms with van der Waals surface area (Å²) >= 11 is 5.38. The monoisotopic (exact) mass is 568 g/mol. The van der Waals surface area contributed by atoms with Gasteiger partial charge in [-0.05, 0) is 64.3 Å². The third-order valence-electron chi connectivity index (χ3n) is 7.89. The van der Waals surface area contributed by atoms with Crippen LogP contribution in [0.1, 0.15) is 18.4 Å². The molecule has 1 atom stereocenters. The van der Waals surface area contributed by atoms with E-state index < -0.39 is 18.0 Å². The number of amides is 3. The van der Waals surface area contributed by atoms with Crippen LogP contribution in [0.4, 0.5) is 10.5 Å². The molecule has 0 bridgehead atoms. The highest BCUT2D eigenvalue weighted by molar-refractivity contribution is 7.80. The highest BCUT2D eigenvalue weighted by atomic mass is 32.1. The second-order valence-electron chi connectivity index (χ2n) is 10.4. The fourth-order valence-corrected chi connectivity index (χ4v) is 5.76. The molecule has 1 aliphatic rings. The second-order valence-corrected chi connectivity index (χ2v) is 10.9. The average Bonchev–Trinajstić information content (AvgIpc) is 2.99. The number of hydrogen-bond acceptors (Lipinski definition) is 4. The number of carbonyl (C=O) groups is 3. The minimum atomic E-state index is -0.990. The Hall–Kier alpha value is -4.50. The van der Waals surface area contributed by atoms with Crippen LogP contribution in [0.3, 0.4) is 0 Å². The maximum Gasteiger partial charge on any atom is 0.407 e. The maximum absolute atomic E-state index is 14.3. The van der Waals surface area contributed by atoms with Crippen molar-refractivity contribution in [3.63, 3.8) is 0 Å². The molecular weight excluding hydrogens is 536 g/mol. The number of anilines is 1. The summed E-state index contributed by atoms with van der Waals surface area (Å²) in [5, 5.41) is 13.3. The number of rotatable bonds is 6. The van der Waals surface area contributed by atoms with Crippen LogP contribution in [-0.4, -0.2) is 64.1 Å². The Morgan fingerprint density at radius 1 is 0.902 bits per heavy atom. The lowest BCUT2D eigenvalue weighted by Crippen LogP contribution is -2.55. The van der Waals surface area contributed by atoms with E-state index in [4.69, 9.17) is 18.0 Å². The van der Waals surface area contributed by atoms with Gasteiger partial charge in [-0.1, -0.05) is 72.8 Å². The van der Waals surface area contributed by atoms with Gasteiger partial charge in [0.2, 0.25) is 5.91 Å². The van der Waals surface area contributed by atoms with Crippen molar-refractivity contribution in [1.29, 1.82) is 0 Å². The quantitative estimate of drug-likeness (QED) is 0.316. The molecule has 1 heterocycles. The van der Waals surface area contributed by atoms with Gasteiger partial charge in [-0.15, -0.1) is 0 Å². The Bertz CT molecular complexity index is 1630. The molecule has 9 heteroatoms. The molecule has 210 valence electrons. The Kier molecular flexibility index (Phi) is 8.16. The number of carbonyl (C=O) groups excluding carboxylic acids is 2. The summed E-state index contributed by atoms with van der Waals surface area (Å²) in [5.41, 5.74) is 7.57. The van der Waals surface area contributed by atoms with Crippen molar-refractivity contribution in [3.05, 3.63) is 90.5 Å². The molecule has 1 fully saturated rings. The number of likely N-dealkylation sites (tertiary alicyclic amines) is 1. The molecule has 0 aliphatic carbocycles. The molecule has 8 nitrogen and oxygen atoms in total. The van der Waals surface area contributed by atoms with Crippen LogP contribution in [0.25, 0.3) is 21.5 Å². The molecule has 3 amide bonds. The number of nitrogens with zero attached hydrogens (tertiary/aromatic N) is 3. The van der Waals surface area contributed by atoms with Gasteiger partial charge in [0.15, 0.2) is 5.11 Å². The summed E-state index contributed by atoms with van der Waals surface area (Å²) in [4.78, 5) is 43.6. The summed E-state index contributed by atoms with van der Waals surface area (Å²) in [5.74, 6) is -0.989. The van der Waals surface area contributed by atoms with Crippen LogP contribution in [0, 0.1) is 5.92 Å². The fraction of sp³-hybridized carbons (Fsp3) is 0.250. The molecule has 0 spiro atoms. The van der Waals surface area contributed by atoms with Crippen molar-refractivity contribution >= 4 is 62.5 Å². The van der Waals surface area contributed by atoms with E-state index in [1.807, 2.05) is 78.9 Å². The highest BCUT2D eigenvalue weighted by Gasteiger charge is 2.37. The van der Waals surface area contributed by atoms with Crippen molar-refractivity contribution < 1.29 is 19.5 Å². The van der Waals surface area contributed by atoms with E-state index in [1.165, 1.54) is 14.7 Å². The van der Waals surface area contributed by atoms with Crippen LogP contribution >= 0.6 is 12.2 Å². The third-order valence-corrected chi connectivity index (χ3v) is 8.07. The molecule has 4 aromatic rings. The molecular formula is C32H32N4O4S. The first-order chi connectivity index (χ1) is 19.7. The summed E-state index contributed by atoms with van der Waals surface area (Å²) in [6.07, 6.45) is 0.0645. The number of carboxylic acid groups (broad SMARTS) is 1. The lowest BCUT2D eigenvalue weighted by atomic mass is 9.93. The van der Waals surface area contributed by atoms with Crippen molar-refractivity contribution in [2.24, 2.45) is 11.7 Å². The second kappa shape index (κ2) is 11.9. The molecule has 41 heavy (non-hydrogen) atoms. The molecule has 3 N–H and O–H groups in total. The van der Waals surface area contributed by atoms with E-state index in [9.17, 15) is 19.5 Å². The van der Waals surface area contributed by atoms with Crippen molar-refractivity contribution in [2.75, 3.05) is 25.0 Å². The van der Waals surface area contributed by atoms with Gasteiger partial charge in [-0.25, -0.2) is 4.79 Å². The lowest BCUT2D eigenvalue weighted by molar-refractivity contribution is -0.142. The Morgan fingerprint density at radius 2 is 1.46 bits per heavy atom. The standard InChI is InChI=1S/C32H32N4O4S/c1-34(29(37)24-14-16-35(17-15-24)32(39)40)28(19-21-10-11-22-6-2-4-8-25(22)18-21)30(38)36(31(33)41)27-13-12-23-7-3-5-9-26(23)20-27/h2-13,18,20,24,28H,14-17,19H2,1H3,(H2,33,41)(H,39,40)/t28-/m1/s1. The smallest absolute Gasteiger partial charge is 0.407 e. The van der Waals surface area contributed by atoms with Gasteiger partial charge >= 0.3 is 6.09 Å². The molecule has 0 saturated carbocycles. The first-order valence-corrected chi connectivity index (χ1v) is 14.0. The normalized spacial score (nSPS) is 14.5. The van der Waals surface area contributed by atoms with Crippen LogP contribution in [0.2, 0.25) is 0 Å². The molecule has 5 rings (SSSR count). The zero-order chi connectivity index (χ0) is 29.1. The number of piperidine rings is 1. The van der Waals surface area contributed by atoms with E-state index in [2.05, 4.69) is 0 Å². The molecule has 1 aliphatic heterocycles. The first-order valence-electron chi connectivity index (χ1n) is 13.6. The van der Waals surface area contributed by atoms with Gasteiger partial charge < -0.3 is 20.6 Å². The number of thiocarbonyl (C=S) groups is 1. The van der Waals surface area contributed by atoms with E-state index >= 15 is 0 Å². The van der Waals surface area contributed by atoms with Gasteiger partial charge in [0, 0.05) is 32.5 Å². The highest BCUT2D eigenvalue weighted by Crippen LogP contribution is 2.27. The zero-order valence-electron chi connectivity index (χ0n) is 22.8. The Labute approximate surface area is 243 Å².